The highest BCUT2D eigenvalue weighted by molar-refractivity contribution is 5.77. The molecule has 0 atom stereocenters. The summed E-state index contributed by atoms with van der Waals surface area (Å²) < 4.78 is 25.5. The van der Waals surface area contributed by atoms with Crippen LogP contribution in [0.4, 0.5) is 10.3 Å². The smallest absolute Gasteiger partial charge is 0.223 e. The van der Waals surface area contributed by atoms with E-state index in [2.05, 4.69) is 31.7 Å². The molecule has 182 valence electrons. The number of aromatic nitrogens is 4. The zero-order valence-electron chi connectivity index (χ0n) is 19.5. The number of amides is 1. The van der Waals surface area contributed by atoms with Crippen molar-refractivity contribution < 1.29 is 18.7 Å². The monoisotopic (exact) mass is 479 g/mol. The van der Waals surface area contributed by atoms with E-state index in [1.165, 1.54) is 19.1 Å². The lowest BCUT2D eigenvalue weighted by molar-refractivity contribution is -0.232. The van der Waals surface area contributed by atoms with Crippen molar-refractivity contribution in [3.05, 3.63) is 48.2 Å². The number of benzene rings is 1. The molecule has 1 aliphatic heterocycles. The number of carbonyl (C=O) groups is 1. The fraction of sp³-hybridized carbons (Fsp3) is 0.375. The van der Waals surface area contributed by atoms with Crippen LogP contribution in [0.25, 0.3) is 22.6 Å². The van der Waals surface area contributed by atoms with Crippen LogP contribution in [-0.2, 0) is 14.3 Å². The molecule has 3 N–H and O–H groups in total. The summed E-state index contributed by atoms with van der Waals surface area (Å²) in [4.78, 5) is 28.0. The highest BCUT2D eigenvalue weighted by atomic mass is 19.1. The Kier molecular flexibility index (Phi) is 7.33. The molecule has 2 aromatic heterocycles. The van der Waals surface area contributed by atoms with E-state index in [-0.39, 0.29) is 17.1 Å². The summed E-state index contributed by atoms with van der Waals surface area (Å²) in [5.74, 6) is 0.352. The summed E-state index contributed by atoms with van der Waals surface area (Å²) in [5.41, 5.74) is 2.03. The highest BCUT2D eigenvalue weighted by Gasteiger charge is 2.35. The Bertz CT molecular complexity index is 1210. The third-order valence-electron chi connectivity index (χ3n) is 5.43. The van der Waals surface area contributed by atoms with Gasteiger partial charge in [-0.1, -0.05) is 6.92 Å². The summed E-state index contributed by atoms with van der Waals surface area (Å²) in [6.07, 6.45) is 1.18. The fourth-order valence-corrected chi connectivity index (χ4v) is 3.56. The van der Waals surface area contributed by atoms with Gasteiger partial charge in [0, 0.05) is 37.2 Å². The maximum atomic E-state index is 13.6. The molecule has 1 fully saturated rings. The Labute approximate surface area is 201 Å². The number of hydrogen-bond acceptors (Lipinski definition) is 8. The third-order valence-corrected chi connectivity index (χ3v) is 5.43. The highest BCUT2D eigenvalue weighted by Crippen LogP contribution is 2.35. The number of ether oxygens (including phenoxy) is 2. The number of anilines is 1. The molecule has 3 aromatic rings. The summed E-state index contributed by atoms with van der Waals surface area (Å²) in [6.45, 7) is 5.01. The maximum Gasteiger partial charge on any atom is 0.223 e. The molecular formula is C24H26FN7O3. The molecular weight excluding hydrogens is 453 g/mol. The first-order valence-electron chi connectivity index (χ1n) is 11.1. The minimum absolute atomic E-state index is 0.112. The van der Waals surface area contributed by atoms with Crippen molar-refractivity contribution in [2.24, 2.45) is 5.41 Å². The van der Waals surface area contributed by atoms with E-state index in [1.54, 1.807) is 24.4 Å². The van der Waals surface area contributed by atoms with Gasteiger partial charge < -0.3 is 25.1 Å². The van der Waals surface area contributed by atoms with Gasteiger partial charge >= 0.3 is 0 Å². The number of nitrogens with zero attached hydrogens (tertiary/aromatic N) is 4. The molecule has 35 heavy (non-hydrogen) atoms. The molecule has 0 bridgehead atoms. The second kappa shape index (κ2) is 10.6. The van der Waals surface area contributed by atoms with E-state index in [4.69, 9.17) is 19.7 Å². The van der Waals surface area contributed by atoms with Crippen molar-refractivity contribution in [2.75, 3.05) is 31.6 Å². The quantitative estimate of drug-likeness (QED) is 0.419. The number of nitrogens with one attached hydrogen (secondary N) is 3. The summed E-state index contributed by atoms with van der Waals surface area (Å²) in [6, 6.07) is 9.80. The van der Waals surface area contributed by atoms with Crippen LogP contribution in [0.1, 0.15) is 32.4 Å². The molecule has 1 saturated heterocycles. The van der Waals surface area contributed by atoms with E-state index in [1.807, 2.05) is 6.92 Å². The van der Waals surface area contributed by atoms with E-state index >= 15 is 0 Å². The first-order chi connectivity index (χ1) is 16.9. The van der Waals surface area contributed by atoms with Gasteiger partial charge in [0.15, 0.2) is 5.82 Å². The van der Waals surface area contributed by atoms with Gasteiger partial charge in [-0.3, -0.25) is 4.79 Å². The van der Waals surface area contributed by atoms with Crippen LogP contribution >= 0.6 is 0 Å². The lowest BCUT2D eigenvalue weighted by atomic mass is 9.92. The number of rotatable bonds is 8. The molecule has 11 heteroatoms. The lowest BCUT2D eigenvalue weighted by Crippen LogP contribution is -2.45. The topological polar surface area (TPSA) is 138 Å². The molecule has 1 aromatic carbocycles. The van der Waals surface area contributed by atoms with Crippen LogP contribution in [0.2, 0.25) is 0 Å². The largest absolute Gasteiger partial charge is 0.356 e. The molecule has 0 saturated carbocycles. The standard InChI is InChI=1S/C24H26FN7O3/c1-15(33)29-12-24(2)13-34-22(35-14-24)21-31-19(16-4-6-17(25)7-5-16)20(32-21)18-8-11-28-23(30-18)27-10-3-9-26/h4-8,11,22H,3,10,12-14H2,1-2H3,(H,29,33)(H,31,32)(H,27,28,30). The van der Waals surface area contributed by atoms with Crippen molar-refractivity contribution in [1.29, 1.82) is 5.26 Å². The molecule has 1 amide bonds. The lowest BCUT2D eigenvalue weighted by Gasteiger charge is -2.36. The number of nitriles is 1. The van der Waals surface area contributed by atoms with Crippen molar-refractivity contribution in [3.8, 4) is 28.7 Å². The van der Waals surface area contributed by atoms with Gasteiger partial charge in [0.25, 0.3) is 0 Å². The Morgan fingerprint density at radius 1 is 1.26 bits per heavy atom. The second-order valence-electron chi connectivity index (χ2n) is 8.63. The van der Waals surface area contributed by atoms with Gasteiger partial charge in [0.1, 0.15) is 5.82 Å². The van der Waals surface area contributed by atoms with Crippen molar-refractivity contribution in [3.63, 3.8) is 0 Å². The zero-order valence-corrected chi connectivity index (χ0v) is 19.5. The predicted molar refractivity (Wildman–Crippen MR) is 125 cm³/mol. The molecule has 3 heterocycles. The maximum absolute atomic E-state index is 13.6. The van der Waals surface area contributed by atoms with Crippen molar-refractivity contribution in [1.82, 2.24) is 25.3 Å². The minimum atomic E-state index is -0.747. The van der Waals surface area contributed by atoms with Crippen LogP contribution in [0.5, 0.6) is 0 Å². The Hall–Kier alpha value is -3.88. The van der Waals surface area contributed by atoms with Crippen molar-refractivity contribution >= 4 is 11.9 Å². The average molecular weight is 480 g/mol. The van der Waals surface area contributed by atoms with Crippen LogP contribution in [-0.4, -0.2) is 52.1 Å². The molecule has 0 aliphatic carbocycles. The first kappa shape index (κ1) is 24.3. The molecule has 4 rings (SSSR count). The van der Waals surface area contributed by atoms with E-state index in [0.29, 0.717) is 67.1 Å². The molecule has 10 nitrogen and oxygen atoms in total. The fourth-order valence-electron chi connectivity index (χ4n) is 3.56. The molecule has 0 spiro atoms. The Balaban J connectivity index is 1.62. The molecule has 0 radical (unpaired) electrons. The Morgan fingerprint density at radius 2 is 2.00 bits per heavy atom. The van der Waals surface area contributed by atoms with Gasteiger partial charge in [0.05, 0.1) is 42.8 Å². The number of aromatic amines is 1. The third kappa shape index (κ3) is 5.98. The number of halogens is 1. The zero-order chi connectivity index (χ0) is 24.8. The first-order valence-corrected chi connectivity index (χ1v) is 11.1. The number of hydrogen-bond donors (Lipinski definition) is 3. The van der Waals surface area contributed by atoms with Gasteiger partial charge in [-0.05, 0) is 30.3 Å². The molecule has 0 unspecified atom stereocenters. The predicted octanol–water partition coefficient (Wildman–Crippen LogP) is 3.19. The normalized spacial score (nSPS) is 19.7. The summed E-state index contributed by atoms with van der Waals surface area (Å²) in [5, 5.41) is 14.6. The van der Waals surface area contributed by atoms with Gasteiger partial charge in [-0.15, -0.1) is 0 Å². The number of carbonyl (C=O) groups excluding carboxylic acids is 1. The van der Waals surface area contributed by atoms with E-state index < -0.39 is 6.29 Å². The SMILES string of the molecule is CC(=O)NCC1(C)COC(c2nc(-c3ccc(F)cc3)c(-c3ccnc(NCCC#N)n3)[nH]2)OC1. The number of imidazole rings is 1. The summed E-state index contributed by atoms with van der Waals surface area (Å²) in [7, 11) is 0. The molecule has 1 aliphatic rings. The number of H-pyrrole nitrogens is 1. The van der Waals surface area contributed by atoms with Gasteiger partial charge in [-0.2, -0.15) is 5.26 Å². The van der Waals surface area contributed by atoms with Gasteiger partial charge in [0.2, 0.25) is 18.1 Å². The van der Waals surface area contributed by atoms with E-state index in [0.717, 1.165) is 0 Å². The summed E-state index contributed by atoms with van der Waals surface area (Å²) >= 11 is 0. The second-order valence-corrected chi connectivity index (χ2v) is 8.63. The minimum Gasteiger partial charge on any atom is -0.356 e. The van der Waals surface area contributed by atoms with Crippen LogP contribution in [0.3, 0.4) is 0 Å². The van der Waals surface area contributed by atoms with Crippen LogP contribution in [0, 0.1) is 22.6 Å². The Morgan fingerprint density at radius 3 is 2.69 bits per heavy atom. The van der Waals surface area contributed by atoms with E-state index in [9.17, 15) is 9.18 Å². The average Bonchev–Trinajstić information content (AvgIpc) is 3.30. The van der Waals surface area contributed by atoms with Crippen LogP contribution < -0.4 is 10.6 Å². The van der Waals surface area contributed by atoms with Crippen LogP contribution in [0.15, 0.2) is 36.5 Å². The van der Waals surface area contributed by atoms with Crippen molar-refractivity contribution in [2.45, 2.75) is 26.6 Å². The van der Waals surface area contributed by atoms with Gasteiger partial charge in [-0.25, -0.2) is 19.3 Å².